The lowest BCUT2D eigenvalue weighted by Crippen LogP contribution is -2.43. The van der Waals surface area contributed by atoms with Crippen molar-refractivity contribution in [3.63, 3.8) is 0 Å². The summed E-state index contributed by atoms with van der Waals surface area (Å²) in [6.07, 6.45) is -4.63. The third-order valence-corrected chi connectivity index (χ3v) is 7.34. The van der Waals surface area contributed by atoms with Gasteiger partial charge in [-0.1, -0.05) is 24.3 Å². The van der Waals surface area contributed by atoms with Gasteiger partial charge in [0.05, 0.1) is 29.2 Å². The number of hydrogen-bond acceptors (Lipinski definition) is 5. The fourth-order valence-electron chi connectivity index (χ4n) is 3.32. The SMILES string of the molecule is Nc1ccccc1NC(=O)c1ccc(CN2C(=S)Nc3cc(C(F)(F)F)ccc3S2(=O)=O)cc1. The Morgan fingerprint density at radius 3 is 2.38 bits per heavy atom. The van der Waals surface area contributed by atoms with Crippen LogP contribution in [0.3, 0.4) is 0 Å². The van der Waals surface area contributed by atoms with Gasteiger partial charge in [-0.05, 0) is 60.2 Å². The molecule has 4 N–H and O–H groups in total. The van der Waals surface area contributed by atoms with E-state index in [-0.39, 0.29) is 22.2 Å². The summed E-state index contributed by atoms with van der Waals surface area (Å²) in [6.45, 7) is -0.178. The third-order valence-electron chi connectivity index (χ3n) is 5.09. The summed E-state index contributed by atoms with van der Waals surface area (Å²) in [6, 6.07) is 15.2. The number of rotatable bonds is 4. The molecule has 0 saturated carbocycles. The molecule has 34 heavy (non-hydrogen) atoms. The van der Waals surface area contributed by atoms with E-state index in [1.807, 2.05) is 0 Å². The van der Waals surface area contributed by atoms with Crippen molar-refractivity contribution in [2.45, 2.75) is 17.6 Å². The van der Waals surface area contributed by atoms with Crippen LogP contribution in [0.25, 0.3) is 0 Å². The normalized spacial score (nSPS) is 14.8. The van der Waals surface area contributed by atoms with Gasteiger partial charge in [0.1, 0.15) is 4.90 Å². The maximum Gasteiger partial charge on any atom is 0.416 e. The Labute approximate surface area is 198 Å². The topological polar surface area (TPSA) is 105 Å². The van der Waals surface area contributed by atoms with Crippen LogP contribution in [0.1, 0.15) is 21.5 Å². The van der Waals surface area contributed by atoms with Crippen LogP contribution in [0, 0.1) is 0 Å². The van der Waals surface area contributed by atoms with E-state index in [4.69, 9.17) is 18.0 Å². The second kappa shape index (κ2) is 8.61. The molecule has 0 aliphatic carbocycles. The monoisotopic (exact) mass is 506 g/mol. The van der Waals surface area contributed by atoms with Crippen molar-refractivity contribution in [3.05, 3.63) is 83.4 Å². The van der Waals surface area contributed by atoms with Crippen LogP contribution in [-0.2, 0) is 22.7 Å². The standard InChI is InChI=1S/C22H17F3N4O3S2/c23-22(24,25)15-9-10-19-18(11-15)28-21(33)29(34(19,31)32)12-13-5-7-14(8-6-13)20(30)27-17-4-2-1-3-16(17)26/h1-11H,12,26H2,(H,27,30)(H,28,33). The van der Waals surface area contributed by atoms with Gasteiger partial charge in [0.15, 0.2) is 5.11 Å². The minimum absolute atomic E-state index is 0.178. The highest BCUT2D eigenvalue weighted by molar-refractivity contribution is 7.92. The molecule has 0 unspecified atom stereocenters. The number of fused-ring (bicyclic) bond motifs is 1. The number of nitrogen functional groups attached to an aromatic ring is 1. The van der Waals surface area contributed by atoms with Crippen molar-refractivity contribution in [3.8, 4) is 0 Å². The van der Waals surface area contributed by atoms with Crippen molar-refractivity contribution in [1.82, 2.24) is 4.31 Å². The molecule has 1 heterocycles. The largest absolute Gasteiger partial charge is 0.416 e. The first-order valence-corrected chi connectivity index (χ1v) is 11.6. The molecule has 0 radical (unpaired) electrons. The van der Waals surface area contributed by atoms with Crippen molar-refractivity contribution in [2.75, 3.05) is 16.4 Å². The van der Waals surface area contributed by atoms with Crippen molar-refractivity contribution in [2.24, 2.45) is 0 Å². The van der Waals surface area contributed by atoms with E-state index in [9.17, 15) is 26.4 Å². The molecule has 4 rings (SSSR count). The predicted octanol–water partition coefficient (Wildman–Crippen LogP) is 4.44. The number of nitrogens with two attached hydrogens (primary N) is 1. The molecule has 0 aromatic heterocycles. The molecule has 7 nitrogen and oxygen atoms in total. The first-order valence-electron chi connectivity index (χ1n) is 9.76. The highest BCUT2D eigenvalue weighted by Gasteiger charge is 2.37. The molecule has 1 amide bonds. The van der Waals surface area contributed by atoms with Crippen LogP contribution >= 0.6 is 12.2 Å². The van der Waals surface area contributed by atoms with Crippen LogP contribution in [0.15, 0.2) is 71.6 Å². The molecular formula is C22H17F3N4O3S2. The molecule has 0 bridgehead atoms. The minimum atomic E-state index is -4.63. The summed E-state index contributed by atoms with van der Waals surface area (Å²) in [5.74, 6) is -0.401. The number of halogens is 3. The van der Waals surface area contributed by atoms with E-state index in [0.717, 1.165) is 10.4 Å². The Morgan fingerprint density at radius 2 is 1.74 bits per heavy atom. The van der Waals surface area contributed by atoms with Gasteiger partial charge in [0.2, 0.25) is 0 Å². The number of sulfonamides is 1. The lowest BCUT2D eigenvalue weighted by molar-refractivity contribution is -0.137. The first-order chi connectivity index (χ1) is 16.0. The van der Waals surface area contributed by atoms with Gasteiger partial charge in [0.25, 0.3) is 15.9 Å². The Bertz CT molecular complexity index is 1390. The fourth-order valence-corrected chi connectivity index (χ4v) is 5.24. The number of anilines is 3. The van der Waals surface area contributed by atoms with E-state index >= 15 is 0 Å². The van der Waals surface area contributed by atoms with Crippen LogP contribution in [0.5, 0.6) is 0 Å². The van der Waals surface area contributed by atoms with Crippen LogP contribution in [-0.4, -0.2) is 23.7 Å². The second-order valence-corrected chi connectivity index (χ2v) is 9.61. The average Bonchev–Trinajstić information content (AvgIpc) is 2.77. The fraction of sp³-hybridized carbons (Fsp3) is 0.0909. The van der Waals surface area contributed by atoms with E-state index < -0.39 is 27.7 Å². The van der Waals surface area contributed by atoms with Crippen molar-refractivity contribution < 1.29 is 26.4 Å². The molecule has 1 aliphatic heterocycles. The van der Waals surface area contributed by atoms with Crippen molar-refractivity contribution >= 4 is 50.3 Å². The minimum Gasteiger partial charge on any atom is -0.397 e. The van der Waals surface area contributed by atoms with Gasteiger partial charge in [-0.25, -0.2) is 12.7 Å². The summed E-state index contributed by atoms with van der Waals surface area (Å²) in [5, 5.41) is 5.00. The summed E-state index contributed by atoms with van der Waals surface area (Å²) in [7, 11) is -4.20. The maximum absolute atomic E-state index is 13.0. The highest BCUT2D eigenvalue weighted by Crippen LogP contribution is 2.37. The zero-order valence-corrected chi connectivity index (χ0v) is 18.9. The molecule has 1 aliphatic rings. The van der Waals surface area contributed by atoms with E-state index in [1.54, 1.807) is 36.4 Å². The van der Waals surface area contributed by atoms with Crippen LogP contribution < -0.4 is 16.4 Å². The number of alkyl halides is 3. The Balaban J connectivity index is 1.53. The second-order valence-electron chi connectivity index (χ2n) is 7.39. The lowest BCUT2D eigenvalue weighted by Gasteiger charge is -2.31. The molecule has 0 spiro atoms. The summed E-state index contributed by atoms with van der Waals surface area (Å²) < 4.78 is 65.9. The van der Waals surface area contributed by atoms with Crippen molar-refractivity contribution in [1.29, 1.82) is 0 Å². The zero-order valence-electron chi connectivity index (χ0n) is 17.3. The number of hydrogen-bond donors (Lipinski definition) is 3. The number of carbonyl (C=O) groups is 1. The predicted molar refractivity (Wildman–Crippen MR) is 126 cm³/mol. The quantitative estimate of drug-likeness (QED) is 0.357. The van der Waals surface area contributed by atoms with E-state index in [0.29, 0.717) is 34.6 Å². The number of nitrogens with one attached hydrogen (secondary N) is 2. The molecule has 3 aromatic rings. The number of thiocarbonyl (C=S) groups is 1. The summed E-state index contributed by atoms with van der Waals surface area (Å²) >= 11 is 5.12. The molecule has 176 valence electrons. The summed E-state index contributed by atoms with van der Waals surface area (Å²) in [4.78, 5) is 12.2. The number of carbonyl (C=O) groups excluding carboxylic acids is 1. The zero-order chi connectivity index (χ0) is 24.7. The Kier molecular flexibility index (Phi) is 5.96. The molecule has 12 heteroatoms. The maximum atomic E-state index is 13.0. The highest BCUT2D eigenvalue weighted by atomic mass is 32.2. The first kappa shape index (κ1) is 23.5. The number of benzene rings is 3. The number of para-hydroxylation sites is 2. The van der Waals surface area contributed by atoms with Gasteiger partial charge < -0.3 is 16.4 Å². The molecule has 0 saturated heterocycles. The average molecular weight is 507 g/mol. The Morgan fingerprint density at radius 1 is 1.06 bits per heavy atom. The molecular weight excluding hydrogens is 489 g/mol. The number of nitrogens with zero attached hydrogens (tertiary/aromatic N) is 1. The Hall–Kier alpha value is -3.64. The van der Waals surface area contributed by atoms with E-state index in [1.165, 1.54) is 12.1 Å². The third kappa shape index (κ3) is 4.54. The number of amides is 1. The van der Waals surface area contributed by atoms with Gasteiger partial charge in [-0.3, -0.25) is 4.79 Å². The van der Waals surface area contributed by atoms with Crippen LogP contribution in [0.2, 0.25) is 0 Å². The van der Waals surface area contributed by atoms with Gasteiger partial charge >= 0.3 is 6.18 Å². The van der Waals surface area contributed by atoms with Gasteiger partial charge in [-0.2, -0.15) is 13.2 Å². The van der Waals surface area contributed by atoms with Gasteiger partial charge in [0, 0.05) is 5.56 Å². The van der Waals surface area contributed by atoms with E-state index in [2.05, 4.69) is 10.6 Å². The molecule has 0 atom stereocenters. The van der Waals surface area contributed by atoms with Gasteiger partial charge in [-0.15, -0.1) is 0 Å². The molecule has 0 fully saturated rings. The molecule has 3 aromatic carbocycles. The van der Waals surface area contributed by atoms with Crippen LogP contribution in [0.4, 0.5) is 30.2 Å². The smallest absolute Gasteiger partial charge is 0.397 e. The lowest BCUT2D eigenvalue weighted by atomic mass is 10.1. The summed E-state index contributed by atoms with van der Waals surface area (Å²) in [5.41, 5.74) is 6.30.